The Bertz CT molecular complexity index is 894. The molecular formula is C27H32F6N2. The van der Waals surface area contributed by atoms with Crippen molar-refractivity contribution in [2.45, 2.75) is 64.3 Å². The maximum atomic E-state index is 13.2. The average molecular weight is 499 g/mol. The molecule has 0 amide bonds. The van der Waals surface area contributed by atoms with Gasteiger partial charge in [0.1, 0.15) is 0 Å². The zero-order valence-electron chi connectivity index (χ0n) is 20.0. The molecule has 0 saturated heterocycles. The summed E-state index contributed by atoms with van der Waals surface area (Å²) < 4.78 is 79.0. The molecule has 0 bridgehead atoms. The van der Waals surface area contributed by atoms with Crippen molar-refractivity contribution in [2.24, 2.45) is 11.8 Å². The normalized spacial score (nSPS) is 20.3. The van der Waals surface area contributed by atoms with Gasteiger partial charge in [-0.25, -0.2) is 0 Å². The van der Waals surface area contributed by atoms with E-state index >= 15 is 0 Å². The van der Waals surface area contributed by atoms with Crippen molar-refractivity contribution in [3.8, 4) is 6.07 Å². The Morgan fingerprint density at radius 3 is 1.83 bits per heavy atom. The van der Waals surface area contributed by atoms with Gasteiger partial charge in [-0.3, -0.25) is 4.90 Å². The Hall–Kier alpha value is -2.53. The summed E-state index contributed by atoms with van der Waals surface area (Å²) in [5.74, 6) is -5.36. The highest BCUT2D eigenvalue weighted by atomic mass is 19.4. The SMILES string of the molecule is CC#N.CCN(CCCc1ccc(C2CC(C(F)(F)F)C(C(F)(F)F)C2)cc1)Cc1ccccc1. The van der Waals surface area contributed by atoms with Gasteiger partial charge in [0.25, 0.3) is 0 Å². The van der Waals surface area contributed by atoms with E-state index in [1.165, 1.54) is 12.5 Å². The molecular weight excluding hydrogens is 466 g/mol. The minimum Gasteiger partial charge on any atom is -0.299 e. The third-order valence-electron chi connectivity index (χ3n) is 6.49. The van der Waals surface area contributed by atoms with E-state index < -0.39 is 42.9 Å². The first-order valence-electron chi connectivity index (χ1n) is 11.8. The number of nitrogens with zero attached hydrogens (tertiary/aromatic N) is 2. The van der Waals surface area contributed by atoms with Crippen molar-refractivity contribution >= 4 is 0 Å². The lowest BCUT2D eigenvalue weighted by Gasteiger charge is -2.24. The first-order chi connectivity index (χ1) is 16.5. The van der Waals surface area contributed by atoms with Crippen LogP contribution in [0.25, 0.3) is 0 Å². The second-order valence-electron chi connectivity index (χ2n) is 8.89. The summed E-state index contributed by atoms with van der Waals surface area (Å²) in [6, 6.07) is 19.0. The maximum absolute atomic E-state index is 13.2. The van der Waals surface area contributed by atoms with Gasteiger partial charge in [0.05, 0.1) is 17.9 Å². The minimum atomic E-state index is -4.83. The minimum absolute atomic E-state index is 0.502. The number of nitriles is 1. The zero-order valence-corrected chi connectivity index (χ0v) is 20.0. The Balaban J connectivity index is 0.00000137. The topological polar surface area (TPSA) is 27.0 Å². The predicted molar refractivity (Wildman–Crippen MR) is 125 cm³/mol. The highest BCUT2D eigenvalue weighted by Gasteiger charge is 2.59. The highest BCUT2D eigenvalue weighted by molar-refractivity contribution is 5.27. The molecule has 1 saturated carbocycles. The monoisotopic (exact) mass is 498 g/mol. The molecule has 1 aliphatic rings. The molecule has 2 nitrogen and oxygen atoms in total. The van der Waals surface area contributed by atoms with E-state index in [0.717, 1.165) is 38.0 Å². The molecule has 0 heterocycles. The van der Waals surface area contributed by atoms with Crippen LogP contribution >= 0.6 is 0 Å². The van der Waals surface area contributed by atoms with E-state index in [1.54, 1.807) is 18.2 Å². The van der Waals surface area contributed by atoms with E-state index in [1.807, 2.05) is 30.3 Å². The van der Waals surface area contributed by atoms with Crippen molar-refractivity contribution in [3.05, 3.63) is 71.3 Å². The third kappa shape index (κ3) is 8.88. The van der Waals surface area contributed by atoms with E-state index in [4.69, 9.17) is 5.26 Å². The first-order valence-corrected chi connectivity index (χ1v) is 11.8. The van der Waals surface area contributed by atoms with Crippen molar-refractivity contribution in [1.29, 1.82) is 5.26 Å². The van der Waals surface area contributed by atoms with Gasteiger partial charge in [-0.2, -0.15) is 31.6 Å². The lowest BCUT2D eigenvalue weighted by atomic mass is 9.94. The summed E-state index contributed by atoms with van der Waals surface area (Å²) in [6.07, 6.45) is -8.93. The fourth-order valence-corrected chi connectivity index (χ4v) is 4.69. The molecule has 192 valence electrons. The molecule has 2 unspecified atom stereocenters. The van der Waals surface area contributed by atoms with Crippen LogP contribution in [0.1, 0.15) is 55.7 Å². The summed E-state index contributed by atoms with van der Waals surface area (Å²) in [4.78, 5) is 2.34. The van der Waals surface area contributed by atoms with Crippen molar-refractivity contribution < 1.29 is 26.3 Å². The fourth-order valence-electron chi connectivity index (χ4n) is 4.69. The Kier molecular flexibility index (Phi) is 10.6. The lowest BCUT2D eigenvalue weighted by Crippen LogP contribution is -2.35. The van der Waals surface area contributed by atoms with Gasteiger partial charge in [-0.05, 0) is 61.4 Å². The van der Waals surface area contributed by atoms with Gasteiger partial charge in [0.15, 0.2) is 0 Å². The second-order valence-corrected chi connectivity index (χ2v) is 8.89. The van der Waals surface area contributed by atoms with Gasteiger partial charge in [-0.1, -0.05) is 61.5 Å². The van der Waals surface area contributed by atoms with Gasteiger partial charge >= 0.3 is 12.4 Å². The zero-order chi connectivity index (χ0) is 26.1. The van der Waals surface area contributed by atoms with E-state index in [0.29, 0.717) is 5.56 Å². The highest BCUT2D eigenvalue weighted by Crippen LogP contribution is 2.54. The molecule has 2 aromatic carbocycles. The number of rotatable bonds is 8. The smallest absolute Gasteiger partial charge is 0.299 e. The van der Waals surface area contributed by atoms with E-state index in [2.05, 4.69) is 24.0 Å². The van der Waals surface area contributed by atoms with Gasteiger partial charge < -0.3 is 0 Å². The number of hydrogen-bond donors (Lipinski definition) is 0. The van der Waals surface area contributed by atoms with Crippen LogP contribution in [0.5, 0.6) is 0 Å². The summed E-state index contributed by atoms with van der Waals surface area (Å²) in [6.45, 7) is 6.26. The average Bonchev–Trinajstić information content (AvgIpc) is 3.27. The quantitative estimate of drug-likeness (QED) is 0.346. The van der Waals surface area contributed by atoms with E-state index in [9.17, 15) is 26.3 Å². The second kappa shape index (κ2) is 13.0. The molecule has 35 heavy (non-hydrogen) atoms. The number of benzene rings is 2. The summed E-state index contributed by atoms with van der Waals surface area (Å²) in [5.41, 5.74) is 2.86. The van der Waals surface area contributed by atoms with Crippen LogP contribution in [0.4, 0.5) is 26.3 Å². The molecule has 1 fully saturated rings. The number of hydrogen-bond acceptors (Lipinski definition) is 2. The van der Waals surface area contributed by atoms with Crippen LogP contribution < -0.4 is 0 Å². The lowest BCUT2D eigenvalue weighted by molar-refractivity contribution is -0.245. The maximum Gasteiger partial charge on any atom is 0.392 e. The van der Waals surface area contributed by atoms with Gasteiger partial charge in [0, 0.05) is 13.5 Å². The molecule has 2 atom stereocenters. The number of halogens is 6. The Morgan fingerprint density at radius 2 is 1.37 bits per heavy atom. The summed E-state index contributed by atoms with van der Waals surface area (Å²) in [7, 11) is 0. The Labute approximate surface area is 203 Å². The largest absolute Gasteiger partial charge is 0.392 e. The molecule has 0 aliphatic heterocycles. The standard InChI is InChI=1S/C25H29F6N.C2H3N/c1-2-32(17-19-7-4-3-5-8-19)14-6-9-18-10-12-20(13-11-18)21-15-22(24(26,27)28)23(16-21)25(29,30)31;1-2-3/h3-5,7-8,10-13,21-23H,2,6,9,14-17H2,1H3;1H3. The molecule has 0 aromatic heterocycles. The van der Waals surface area contributed by atoms with Crippen molar-refractivity contribution in [1.82, 2.24) is 4.90 Å². The van der Waals surface area contributed by atoms with Crippen molar-refractivity contribution in [2.75, 3.05) is 13.1 Å². The molecule has 1 aliphatic carbocycles. The molecule has 0 N–H and O–H groups in total. The van der Waals surface area contributed by atoms with Gasteiger partial charge in [-0.15, -0.1) is 0 Å². The molecule has 0 radical (unpaired) electrons. The molecule has 8 heteroatoms. The van der Waals surface area contributed by atoms with Crippen LogP contribution in [0.3, 0.4) is 0 Å². The first kappa shape index (κ1) is 28.7. The molecule has 2 aromatic rings. The third-order valence-corrected chi connectivity index (χ3v) is 6.49. The van der Waals surface area contributed by atoms with Crippen LogP contribution in [0.2, 0.25) is 0 Å². The van der Waals surface area contributed by atoms with Crippen LogP contribution in [0, 0.1) is 23.2 Å². The van der Waals surface area contributed by atoms with Crippen molar-refractivity contribution in [3.63, 3.8) is 0 Å². The van der Waals surface area contributed by atoms with Crippen LogP contribution in [0.15, 0.2) is 54.6 Å². The summed E-state index contributed by atoms with van der Waals surface area (Å²) in [5, 5.41) is 7.32. The number of aryl methyl sites for hydroxylation is 1. The molecule has 3 rings (SSSR count). The van der Waals surface area contributed by atoms with E-state index in [-0.39, 0.29) is 0 Å². The summed E-state index contributed by atoms with van der Waals surface area (Å²) >= 11 is 0. The van der Waals surface area contributed by atoms with Crippen LogP contribution in [-0.4, -0.2) is 30.3 Å². The Morgan fingerprint density at radius 1 is 0.857 bits per heavy atom. The van der Waals surface area contributed by atoms with Gasteiger partial charge in [0.2, 0.25) is 0 Å². The number of alkyl halides is 6. The van der Waals surface area contributed by atoms with Crippen LogP contribution in [-0.2, 0) is 13.0 Å². The molecule has 0 spiro atoms. The predicted octanol–water partition coefficient (Wildman–Crippen LogP) is 7.91. The fraction of sp³-hybridized carbons (Fsp3) is 0.519.